The van der Waals surface area contributed by atoms with Crippen molar-refractivity contribution in [2.24, 2.45) is 5.41 Å². The summed E-state index contributed by atoms with van der Waals surface area (Å²) in [7, 11) is 0. The number of alkyl halides is 1. The highest BCUT2D eigenvalue weighted by molar-refractivity contribution is 6.01. The summed E-state index contributed by atoms with van der Waals surface area (Å²) in [6.07, 6.45) is 1.03. The molecular weight excluding hydrogens is 171 g/mol. The predicted molar refractivity (Wildman–Crippen MR) is 49.3 cm³/mol. The van der Waals surface area contributed by atoms with Gasteiger partial charge in [-0.3, -0.25) is 14.0 Å². The van der Waals surface area contributed by atoms with Crippen molar-refractivity contribution in [2.75, 3.05) is 6.67 Å². The van der Waals surface area contributed by atoms with Gasteiger partial charge in [0.15, 0.2) is 0 Å². The zero-order valence-corrected chi connectivity index (χ0v) is 8.52. The summed E-state index contributed by atoms with van der Waals surface area (Å²) in [5, 5.41) is 0. The average Bonchev–Trinajstić information content (AvgIpc) is 2.04. The monoisotopic (exact) mass is 188 g/mol. The van der Waals surface area contributed by atoms with Gasteiger partial charge in [-0.2, -0.15) is 0 Å². The van der Waals surface area contributed by atoms with Crippen molar-refractivity contribution in [3.63, 3.8) is 0 Å². The first-order valence-corrected chi connectivity index (χ1v) is 4.55. The van der Waals surface area contributed by atoms with Crippen LogP contribution >= 0.6 is 0 Å². The normalized spacial score (nSPS) is 11.4. The van der Waals surface area contributed by atoms with Crippen LogP contribution in [-0.4, -0.2) is 18.2 Å². The van der Waals surface area contributed by atoms with Crippen LogP contribution in [0.5, 0.6) is 0 Å². The summed E-state index contributed by atoms with van der Waals surface area (Å²) in [6, 6.07) is 0. The van der Waals surface area contributed by atoms with Crippen molar-refractivity contribution in [3.8, 4) is 0 Å². The van der Waals surface area contributed by atoms with Gasteiger partial charge in [0.2, 0.25) is 0 Å². The molecule has 0 aromatic carbocycles. The van der Waals surface area contributed by atoms with E-state index in [2.05, 4.69) is 0 Å². The van der Waals surface area contributed by atoms with E-state index in [-0.39, 0.29) is 18.0 Å². The largest absolute Gasteiger partial charge is 0.299 e. The van der Waals surface area contributed by atoms with Gasteiger partial charge in [0.1, 0.15) is 18.2 Å². The minimum Gasteiger partial charge on any atom is -0.299 e. The van der Waals surface area contributed by atoms with Gasteiger partial charge in [-0.05, 0) is 6.42 Å². The minimum atomic E-state index is -0.997. The van der Waals surface area contributed by atoms with Crippen LogP contribution in [-0.2, 0) is 9.59 Å². The maximum absolute atomic E-state index is 12.3. The van der Waals surface area contributed by atoms with Crippen molar-refractivity contribution in [1.82, 2.24) is 0 Å². The van der Waals surface area contributed by atoms with Gasteiger partial charge in [0.25, 0.3) is 0 Å². The second-order valence-electron chi connectivity index (χ2n) is 3.91. The van der Waals surface area contributed by atoms with Crippen LogP contribution in [0.4, 0.5) is 4.39 Å². The fourth-order valence-electron chi connectivity index (χ4n) is 0.860. The lowest BCUT2D eigenvalue weighted by atomic mass is 9.86. The second-order valence-corrected chi connectivity index (χ2v) is 3.91. The van der Waals surface area contributed by atoms with Gasteiger partial charge in [-0.25, -0.2) is 0 Å². The van der Waals surface area contributed by atoms with Crippen molar-refractivity contribution < 1.29 is 14.0 Å². The quantitative estimate of drug-likeness (QED) is 0.599. The van der Waals surface area contributed by atoms with Gasteiger partial charge in [0, 0.05) is 6.42 Å². The van der Waals surface area contributed by atoms with Gasteiger partial charge in [0.05, 0.1) is 11.8 Å². The maximum atomic E-state index is 12.3. The second kappa shape index (κ2) is 5.10. The van der Waals surface area contributed by atoms with E-state index in [1.165, 1.54) is 13.8 Å². The molecule has 0 unspecified atom stereocenters. The molecule has 0 spiro atoms. The molecule has 0 aromatic heterocycles. The third-order valence-corrected chi connectivity index (χ3v) is 1.98. The van der Waals surface area contributed by atoms with Gasteiger partial charge < -0.3 is 0 Å². The Morgan fingerprint density at radius 2 is 1.85 bits per heavy atom. The Balaban J connectivity index is 4.07. The zero-order valence-electron chi connectivity index (χ0n) is 8.52. The molecule has 0 aromatic rings. The molecule has 2 nitrogen and oxygen atoms in total. The number of carbonyl (C=O) groups is 2. The molecule has 0 radical (unpaired) electrons. The van der Waals surface area contributed by atoms with Crippen LogP contribution in [0.2, 0.25) is 0 Å². The van der Waals surface area contributed by atoms with E-state index in [4.69, 9.17) is 0 Å². The first kappa shape index (κ1) is 12.3. The molecule has 0 bridgehead atoms. The predicted octanol–water partition coefficient (Wildman–Crippen LogP) is 2.31. The molecule has 76 valence electrons. The highest BCUT2D eigenvalue weighted by Crippen LogP contribution is 2.19. The summed E-state index contributed by atoms with van der Waals surface area (Å²) in [6.45, 7) is 4.22. The van der Waals surface area contributed by atoms with Gasteiger partial charge in [-0.1, -0.05) is 20.8 Å². The van der Waals surface area contributed by atoms with Gasteiger partial charge >= 0.3 is 0 Å². The number of hydrogen-bond donors (Lipinski definition) is 0. The minimum absolute atomic E-state index is 0.0889. The lowest BCUT2D eigenvalue weighted by molar-refractivity contribution is -0.132. The van der Waals surface area contributed by atoms with Crippen LogP contribution in [0, 0.1) is 5.41 Å². The summed E-state index contributed by atoms with van der Waals surface area (Å²) in [4.78, 5) is 22.4. The SMILES string of the molecule is CCCC(=O)CC(=O)C(C)(C)CF. The Labute approximate surface area is 78.5 Å². The standard InChI is InChI=1S/C10H17FO2/c1-4-5-8(12)6-9(13)10(2,3)7-11/h4-7H2,1-3H3. The molecule has 0 aliphatic carbocycles. The molecule has 0 aliphatic heterocycles. The van der Waals surface area contributed by atoms with E-state index in [0.717, 1.165) is 6.42 Å². The Kier molecular flexibility index (Phi) is 4.81. The first-order chi connectivity index (χ1) is 5.94. The van der Waals surface area contributed by atoms with Crippen LogP contribution in [0.25, 0.3) is 0 Å². The highest BCUT2D eigenvalue weighted by atomic mass is 19.1. The number of hydrogen-bond acceptors (Lipinski definition) is 2. The number of rotatable bonds is 6. The molecule has 0 atom stereocenters. The van der Waals surface area contributed by atoms with E-state index < -0.39 is 12.1 Å². The Bertz CT molecular complexity index is 197. The van der Waals surface area contributed by atoms with Crippen molar-refractivity contribution in [1.29, 1.82) is 0 Å². The fraction of sp³-hybridized carbons (Fsp3) is 0.800. The first-order valence-electron chi connectivity index (χ1n) is 4.55. The van der Waals surface area contributed by atoms with Gasteiger partial charge in [-0.15, -0.1) is 0 Å². The molecule has 0 amide bonds. The molecule has 0 saturated heterocycles. The lowest BCUT2D eigenvalue weighted by Crippen LogP contribution is -2.28. The number of carbonyl (C=O) groups excluding carboxylic acids is 2. The highest BCUT2D eigenvalue weighted by Gasteiger charge is 2.28. The molecule has 0 rings (SSSR count). The zero-order chi connectivity index (χ0) is 10.5. The van der Waals surface area contributed by atoms with E-state index in [1.807, 2.05) is 6.92 Å². The van der Waals surface area contributed by atoms with E-state index in [9.17, 15) is 14.0 Å². The summed E-state index contributed by atoms with van der Waals surface area (Å²) < 4.78 is 12.3. The summed E-state index contributed by atoms with van der Waals surface area (Å²) in [5.74, 6) is -0.387. The third-order valence-electron chi connectivity index (χ3n) is 1.98. The van der Waals surface area contributed by atoms with E-state index in [1.54, 1.807) is 0 Å². The molecule has 0 saturated carbocycles. The third kappa shape index (κ3) is 4.15. The number of halogens is 1. The van der Waals surface area contributed by atoms with Crippen LogP contribution in [0.1, 0.15) is 40.0 Å². The summed E-state index contributed by atoms with van der Waals surface area (Å²) in [5.41, 5.74) is -0.997. The Morgan fingerprint density at radius 3 is 2.23 bits per heavy atom. The molecule has 0 heterocycles. The molecule has 13 heavy (non-hydrogen) atoms. The van der Waals surface area contributed by atoms with Crippen LogP contribution in [0.3, 0.4) is 0 Å². The smallest absolute Gasteiger partial charge is 0.148 e. The Morgan fingerprint density at radius 1 is 1.31 bits per heavy atom. The van der Waals surface area contributed by atoms with Crippen molar-refractivity contribution >= 4 is 11.6 Å². The topological polar surface area (TPSA) is 34.1 Å². The number of Topliss-reactive ketones (excluding diaryl/α,β-unsaturated/α-hetero) is 2. The Hall–Kier alpha value is -0.730. The van der Waals surface area contributed by atoms with Crippen molar-refractivity contribution in [2.45, 2.75) is 40.0 Å². The maximum Gasteiger partial charge on any atom is 0.148 e. The molecule has 0 fully saturated rings. The van der Waals surface area contributed by atoms with Crippen LogP contribution in [0.15, 0.2) is 0 Å². The van der Waals surface area contributed by atoms with E-state index >= 15 is 0 Å². The molecular formula is C10H17FO2. The molecule has 0 aliphatic rings. The fourth-order valence-corrected chi connectivity index (χ4v) is 0.860. The molecule has 0 N–H and O–H groups in total. The molecule has 3 heteroatoms. The summed E-state index contributed by atoms with van der Waals surface area (Å²) >= 11 is 0. The van der Waals surface area contributed by atoms with Crippen molar-refractivity contribution in [3.05, 3.63) is 0 Å². The van der Waals surface area contributed by atoms with Crippen LogP contribution < -0.4 is 0 Å². The average molecular weight is 188 g/mol. The van der Waals surface area contributed by atoms with E-state index in [0.29, 0.717) is 6.42 Å². The number of ketones is 2. The lowest BCUT2D eigenvalue weighted by Gasteiger charge is -2.17.